The molecule has 0 aliphatic rings. The highest BCUT2D eigenvalue weighted by molar-refractivity contribution is 7.98. The molecule has 0 saturated heterocycles. The van der Waals surface area contributed by atoms with Gasteiger partial charge in [0.1, 0.15) is 0 Å². The van der Waals surface area contributed by atoms with Crippen molar-refractivity contribution in [3.05, 3.63) is 83.1 Å². The molecule has 0 amide bonds. The molecule has 0 aliphatic heterocycles. The van der Waals surface area contributed by atoms with E-state index in [1.54, 1.807) is 18.0 Å². The van der Waals surface area contributed by atoms with Crippen molar-refractivity contribution in [1.29, 1.82) is 0 Å². The van der Waals surface area contributed by atoms with Crippen LogP contribution in [0.25, 0.3) is 17.3 Å². The molecular formula is C23H22ClN3OS. The van der Waals surface area contributed by atoms with E-state index in [4.69, 9.17) is 16.0 Å². The van der Waals surface area contributed by atoms with Crippen molar-refractivity contribution >= 4 is 23.4 Å². The van der Waals surface area contributed by atoms with Crippen LogP contribution in [0.1, 0.15) is 31.9 Å². The summed E-state index contributed by atoms with van der Waals surface area (Å²) >= 11 is 7.72. The highest BCUT2D eigenvalue weighted by atomic mass is 35.5. The van der Waals surface area contributed by atoms with Gasteiger partial charge in [0.05, 0.1) is 6.26 Å². The Morgan fingerprint density at radius 2 is 1.69 bits per heavy atom. The number of nitrogens with zero attached hydrogens (tertiary/aromatic N) is 3. The molecule has 0 fully saturated rings. The van der Waals surface area contributed by atoms with Gasteiger partial charge in [0.15, 0.2) is 10.9 Å². The summed E-state index contributed by atoms with van der Waals surface area (Å²) < 4.78 is 7.57. The molecule has 4 rings (SSSR count). The Morgan fingerprint density at radius 3 is 2.31 bits per heavy atom. The molecule has 0 spiro atoms. The average molecular weight is 424 g/mol. The maximum Gasteiger partial charge on any atom is 0.205 e. The smallest absolute Gasteiger partial charge is 0.205 e. The lowest BCUT2D eigenvalue weighted by Crippen LogP contribution is -2.10. The molecule has 0 radical (unpaired) electrons. The zero-order valence-corrected chi connectivity index (χ0v) is 18.2. The fourth-order valence-electron chi connectivity index (χ4n) is 3.00. The second kappa shape index (κ2) is 8.09. The SMILES string of the molecule is CC(C)(C)c1ccc(CSc2nnc(-c3ccco3)n2-c2ccc(Cl)cc2)cc1. The van der Waals surface area contributed by atoms with Gasteiger partial charge in [-0.05, 0) is 52.9 Å². The first-order valence-electron chi connectivity index (χ1n) is 9.39. The van der Waals surface area contributed by atoms with Crippen LogP contribution in [0.5, 0.6) is 0 Å². The molecular weight excluding hydrogens is 402 g/mol. The standard InChI is InChI=1S/C23H22ClN3OS/c1-23(2,3)17-8-6-16(7-9-17)15-29-22-26-25-21(20-5-4-14-28-20)27(22)19-12-10-18(24)11-13-19/h4-14H,15H2,1-3H3. The fraction of sp³-hybridized carbons (Fsp3) is 0.217. The molecule has 29 heavy (non-hydrogen) atoms. The number of benzene rings is 2. The fourth-order valence-corrected chi connectivity index (χ4v) is 4.03. The van der Waals surface area contributed by atoms with Crippen molar-refractivity contribution in [2.75, 3.05) is 0 Å². The largest absolute Gasteiger partial charge is 0.461 e. The Morgan fingerprint density at radius 1 is 0.966 bits per heavy atom. The summed E-state index contributed by atoms with van der Waals surface area (Å²) in [6, 6.07) is 20.2. The van der Waals surface area contributed by atoms with E-state index in [0.717, 1.165) is 16.6 Å². The van der Waals surface area contributed by atoms with Gasteiger partial charge in [0.2, 0.25) is 5.82 Å². The first kappa shape index (κ1) is 19.8. The molecule has 2 aromatic carbocycles. The molecule has 0 atom stereocenters. The first-order valence-corrected chi connectivity index (χ1v) is 10.8. The maximum atomic E-state index is 6.07. The van der Waals surface area contributed by atoms with Gasteiger partial charge in [-0.1, -0.05) is 68.4 Å². The molecule has 0 N–H and O–H groups in total. The number of hydrogen-bond acceptors (Lipinski definition) is 4. The molecule has 148 valence electrons. The summed E-state index contributed by atoms with van der Waals surface area (Å²) in [6.45, 7) is 6.67. The predicted molar refractivity (Wildman–Crippen MR) is 119 cm³/mol. The van der Waals surface area contributed by atoms with Crippen LogP contribution in [0.4, 0.5) is 0 Å². The van der Waals surface area contributed by atoms with E-state index in [1.165, 1.54) is 11.1 Å². The summed E-state index contributed by atoms with van der Waals surface area (Å²) in [5, 5.41) is 10.3. The Bertz CT molecular complexity index is 1080. The van der Waals surface area contributed by atoms with E-state index in [2.05, 4.69) is 55.2 Å². The van der Waals surface area contributed by atoms with Gasteiger partial charge in [-0.3, -0.25) is 4.57 Å². The average Bonchev–Trinajstić information content (AvgIpc) is 3.36. The monoisotopic (exact) mass is 423 g/mol. The van der Waals surface area contributed by atoms with Gasteiger partial charge in [-0.15, -0.1) is 10.2 Å². The normalized spacial score (nSPS) is 11.7. The molecule has 4 aromatic rings. The zero-order valence-electron chi connectivity index (χ0n) is 16.6. The van der Waals surface area contributed by atoms with E-state index in [0.29, 0.717) is 16.6 Å². The number of rotatable bonds is 5. The summed E-state index contributed by atoms with van der Waals surface area (Å²) in [5.74, 6) is 2.14. The number of aromatic nitrogens is 3. The van der Waals surface area contributed by atoms with Gasteiger partial charge in [0, 0.05) is 16.5 Å². The Balaban J connectivity index is 1.63. The van der Waals surface area contributed by atoms with Crippen molar-refractivity contribution in [2.45, 2.75) is 37.1 Å². The van der Waals surface area contributed by atoms with Crippen molar-refractivity contribution in [3.8, 4) is 17.3 Å². The topological polar surface area (TPSA) is 43.9 Å². The van der Waals surface area contributed by atoms with E-state index < -0.39 is 0 Å². The summed E-state index contributed by atoms with van der Waals surface area (Å²) in [5.41, 5.74) is 3.67. The minimum atomic E-state index is 0.151. The van der Waals surface area contributed by atoms with E-state index in [-0.39, 0.29) is 5.41 Å². The van der Waals surface area contributed by atoms with Crippen LogP contribution in [0, 0.1) is 0 Å². The Labute approximate surface area is 179 Å². The van der Waals surface area contributed by atoms with Crippen molar-refractivity contribution in [2.24, 2.45) is 0 Å². The van der Waals surface area contributed by atoms with E-state index >= 15 is 0 Å². The third-order valence-electron chi connectivity index (χ3n) is 4.65. The van der Waals surface area contributed by atoms with Crippen LogP contribution in [0.2, 0.25) is 5.02 Å². The molecule has 4 nitrogen and oxygen atoms in total. The van der Waals surface area contributed by atoms with Crippen molar-refractivity contribution < 1.29 is 4.42 Å². The lowest BCUT2D eigenvalue weighted by Gasteiger charge is -2.19. The van der Waals surface area contributed by atoms with Gasteiger partial charge < -0.3 is 4.42 Å². The minimum absolute atomic E-state index is 0.151. The number of thioether (sulfide) groups is 1. The van der Waals surface area contributed by atoms with Gasteiger partial charge >= 0.3 is 0 Å². The van der Waals surface area contributed by atoms with Crippen LogP contribution in [-0.4, -0.2) is 14.8 Å². The molecule has 2 heterocycles. The second-order valence-electron chi connectivity index (χ2n) is 7.83. The zero-order chi connectivity index (χ0) is 20.4. The van der Waals surface area contributed by atoms with Gasteiger partial charge in [-0.25, -0.2) is 0 Å². The van der Waals surface area contributed by atoms with Crippen molar-refractivity contribution in [3.63, 3.8) is 0 Å². The van der Waals surface area contributed by atoms with Crippen LogP contribution in [0.15, 0.2) is 76.5 Å². The van der Waals surface area contributed by atoms with Crippen molar-refractivity contribution in [1.82, 2.24) is 14.8 Å². The third kappa shape index (κ3) is 4.41. The molecule has 0 aliphatic carbocycles. The van der Waals surface area contributed by atoms with Gasteiger partial charge in [-0.2, -0.15) is 0 Å². The second-order valence-corrected chi connectivity index (χ2v) is 9.21. The Kier molecular flexibility index (Phi) is 5.52. The molecule has 0 saturated carbocycles. The van der Waals surface area contributed by atoms with Crippen LogP contribution < -0.4 is 0 Å². The Hall–Kier alpha value is -2.50. The third-order valence-corrected chi connectivity index (χ3v) is 5.90. The molecule has 0 unspecified atom stereocenters. The van der Waals surface area contributed by atoms with E-state index in [1.807, 2.05) is 41.0 Å². The molecule has 0 bridgehead atoms. The highest BCUT2D eigenvalue weighted by Gasteiger charge is 2.18. The number of furan rings is 1. The highest BCUT2D eigenvalue weighted by Crippen LogP contribution is 2.31. The van der Waals surface area contributed by atoms with E-state index in [9.17, 15) is 0 Å². The summed E-state index contributed by atoms with van der Waals surface area (Å²) in [7, 11) is 0. The maximum absolute atomic E-state index is 6.07. The molecule has 2 aromatic heterocycles. The quantitative estimate of drug-likeness (QED) is 0.332. The number of halogens is 1. The van der Waals surface area contributed by atoms with Crippen LogP contribution in [-0.2, 0) is 11.2 Å². The summed E-state index contributed by atoms with van der Waals surface area (Å²) in [4.78, 5) is 0. The van der Waals surface area contributed by atoms with Crippen LogP contribution in [0.3, 0.4) is 0 Å². The minimum Gasteiger partial charge on any atom is -0.461 e. The lowest BCUT2D eigenvalue weighted by molar-refractivity contribution is 0.575. The molecule has 6 heteroatoms. The van der Waals surface area contributed by atoms with Crippen LogP contribution >= 0.6 is 23.4 Å². The predicted octanol–water partition coefficient (Wildman–Crippen LogP) is 6.77. The number of hydrogen-bond donors (Lipinski definition) is 0. The van der Waals surface area contributed by atoms with Gasteiger partial charge in [0.25, 0.3) is 0 Å². The first-order chi connectivity index (χ1) is 13.9. The summed E-state index contributed by atoms with van der Waals surface area (Å²) in [6.07, 6.45) is 1.64. The lowest BCUT2D eigenvalue weighted by atomic mass is 9.87.